The second kappa shape index (κ2) is 5.59. The summed E-state index contributed by atoms with van der Waals surface area (Å²) in [5.41, 5.74) is 7.89. The summed E-state index contributed by atoms with van der Waals surface area (Å²) in [6.45, 7) is 3.51. The lowest BCUT2D eigenvalue weighted by atomic mass is 10.2. The first kappa shape index (κ1) is 12.5. The number of rotatable bonds is 5. The Balaban J connectivity index is 2.30. The molecule has 0 fully saturated rings. The zero-order valence-electron chi connectivity index (χ0n) is 10.7. The van der Waals surface area contributed by atoms with Crippen molar-refractivity contribution in [2.24, 2.45) is 12.8 Å². The summed E-state index contributed by atoms with van der Waals surface area (Å²) in [7, 11) is 1.83. The Bertz CT molecular complexity index is 490. The van der Waals surface area contributed by atoms with E-state index in [2.05, 4.69) is 51.6 Å². The molecular weight excluding hydrogens is 228 g/mol. The molecule has 2 rings (SSSR count). The van der Waals surface area contributed by atoms with Crippen molar-refractivity contribution in [2.75, 3.05) is 18.0 Å². The van der Waals surface area contributed by atoms with E-state index in [1.807, 2.05) is 7.05 Å². The van der Waals surface area contributed by atoms with E-state index in [0.29, 0.717) is 6.54 Å². The van der Waals surface area contributed by atoms with Crippen LogP contribution < -0.4 is 10.6 Å². The van der Waals surface area contributed by atoms with Gasteiger partial charge in [0.2, 0.25) is 5.95 Å². The average molecular weight is 246 g/mol. The van der Waals surface area contributed by atoms with Crippen LogP contribution in [0.3, 0.4) is 0 Å². The van der Waals surface area contributed by atoms with Crippen molar-refractivity contribution < 1.29 is 0 Å². The summed E-state index contributed by atoms with van der Waals surface area (Å²) in [5, 5.41) is 11.6. The molecule has 0 aliphatic carbocycles. The molecule has 0 saturated heterocycles. The van der Waals surface area contributed by atoms with E-state index in [1.54, 1.807) is 4.68 Å². The van der Waals surface area contributed by atoms with Crippen LogP contribution in [0.2, 0.25) is 0 Å². The number of nitrogens with two attached hydrogens (primary N) is 1. The molecule has 2 N–H and O–H groups in total. The van der Waals surface area contributed by atoms with Crippen molar-refractivity contribution in [1.82, 2.24) is 20.2 Å². The fraction of sp³-hybridized carbons (Fsp3) is 0.417. The summed E-state index contributed by atoms with van der Waals surface area (Å²) >= 11 is 0. The van der Waals surface area contributed by atoms with Crippen molar-refractivity contribution >= 4 is 11.6 Å². The number of tetrazole rings is 1. The molecule has 0 unspecified atom stereocenters. The Kier molecular flexibility index (Phi) is 3.88. The van der Waals surface area contributed by atoms with Gasteiger partial charge in [0.15, 0.2) is 0 Å². The minimum absolute atomic E-state index is 0.646. The standard InChI is InChI=1S/C12H18N6/c1-10-4-6-11(7-5-10)18(9-3-8-13)12-14-15-16-17(12)2/h4-7H,3,8-9,13H2,1-2H3. The highest BCUT2D eigenvalue weighted by atomic mass is 15.6. The largest absolute Gasteiger partial charge is 0.330 e. The lowest BCUT2D eigenvalue weighted by molar-refractivity contribution is 0.696. The van der Waals surface area contributed by atoms with Gasteiger partial charge < -0.3 is 10.6 Å². The van der Waals surface area contributed by atoms with Crippen molar-refractivity contribution in [3.63, 3.8) is 0 Å². The van der Waals surface area contributed by atoms with Crippen LogP contribution in [0.1, 0.15) is 12.0 Å². The van der Waals surface area contributed by atoms with Crippen LogP contribution in [0.15, 0.2) is 24.3 Å². The van der Waals surface area contributed by atoms with Gasteiger partial charge in [0.1, 0.15) is 0 Å². The summed E-state index contributed by atoms with van der Waals surface area (Å²) in [6, 6.07) is 8.30. The zero-order chi connectivity index (χ0) is 13.0. The van der Waals surface area contributed by atoms with Gasteiger partial charge in [0.05, 0.1) is 0 Å². The number of aromatic nitrogens is 4. The quantitative estimate of drug-likeness (QED) is 0.852. The van der Waals surface area contributed by atoms with Gasteiger partial charge in [-0.15, -0.1) is 0 Å². The molecule has 1 aromatic carbocycles. The molecule has 0 spiro atoms. The first-order valence-corrected chi connectivity index (χ1v) is 5.99. The zero-order valence-corrected chi connectivity index (χ0v) is 10.7. The van der Waals surface area contributed by atoms with Crippen LogP contribution in [-0.2, 0) is 7.05 Å². The third kappa shape index (κ3) is 2.65. The normalized spacial score (nSPS) is 10.6. The van der Waals surface area contributed by atoms with Gasteiger partial charge >= 0.3 is 0 Å². The van der Waals surface area contributed by atoms with Crippen molar-refractivity contribution in [3.8, 4) is 0 Å². The third-order valence-corrected chi connectivity index (χ3v) is 2.77. The Morgan fingerprint density at radius 1 is 1.28 bits per heavy atom. The maximum absolute atomic E-state index is 5.59. The van der Waals surface area contributed by atoms with Crippen LogP contribution in [0.25, 0.3) is 0 Å². The van der Waals surface area contributed by atoms with E-state index >= 15 is 0 Å². The van der Waals surface area contributed by atoms with Crippen molar-refractivity contribution in [1.29, 1.82) is 0 Å². The molecular formula is C12H18N6. The Morgan fingerprint density at radius 2 is 2.00 bits per heavy atom. The monoisotopic (exact) mass is 246 g/mol. The second-order valence-electron chi connectivity index (χ2n) is 4.23. The van der Waals surface area contributed by atoms with Gasteiger partial charge in [0, 0.05) is 19.3 Å². The summed E-state index contributed by atoms with van der Waals surface area (Å²) in [5.74, 6) is 0.729. The van der Waals surface area contributed by atoms with Crippen LogP contribution in [-0.4, -0.2) is 33.3 Å². The molecule has 0 aliphatic heterocycles. The van der Waals surface area contributed by atoms with Crippen LogP contribution in [0.5, 0.6) is 0 Å². The SMILES string of the molecule is Cc1ccc(N(CCCN)c2nnnn2C)cc1. The molecule has 0 aliphatic rings. The third-order valence-electron chi connectivity index (χ3n) is 2.77. The summed E-state index contributed by atoms with van der Waals surface area (Å²) < 4.78 is 1.66. The highest BCUT2D eigenvalue weighted by molar-refractivity contribution is 5.57. The molecule has 1 aromatic heterocycles. The number of anilines is 2. The van der Waals surface area contributed by atoms with Crippen molar-refractivity contribution in [3.05, 3.63) is 29.8 Å². The minimum atomic E-state index is 0.646. The van der Waals surface area contributed by atoms with Crippen LogP contribution in [0.4, 0.5) is 11.6 Å². The second-order valence-corrected chi connectivity index (χ2v) is 4.23. The summed E-state index contributed by atoms with van der Waals surface area (Å²) in [4.78, 5) is 2.08. The van der Waals surface area contributed by atoms with Gasteiger partial charge in [0.25, 0.3) is 0 Å². The Hall–Kier alpha value is -1.95. The van der Waals surface area contributed by atoms with Crippen LogP contribution in [0, 0.1) is 6.92 Å². The van der Waals surface area contributed by atoms with Gasteiger partial charge in [-0.3, -0.25) is 0 Å². The van der Waals surface area contributed by atoms with Gasteiger partial charge in [-0.1, -0.05) is 22.8 Å². The first-order chi connectivity index (χ1) is 8.72. The van der Waals surface area contributed by atoms with Gasteiger partial charge in [-0.25, -0.2) is 4.68 Å². The lowest BCUT2D eigenvalue weighted by Crippen LogP contribution is -2.23. The Morgan fingerprint density at radius 3 is 2.56 bits per heavy atom. The fourth-order valence-electron chi connectivity index (χ4n) is 1.77. The van der Waals surface area contributed by atoms with Crippen LogP contribution >= 0.6 is 0 Å². The minimum Gasteiger partial charge on any atom is -0.330 e. The smallest absolute Gasteiger partial charge is 0.249 e. The molecule has 96 valence electrons. The Labute approximate surface area is 106 Å². The number of aryl methyl sites for hydroxylation is 2. The lowest BCUT2D eigenvalue weighted by Gasteiger charge is -2.22. The van der Waals surface area contributed by atoms with E-state index < -0.39 is 0 Å². The number of hydrogen-bond donors (Lipinski definition) is 1. The number of benzene rings is 1. The average Bonchev–Trinajstić information content (AvgIpc) is 2.78. The van der Waals surface area contributed by atoms with E-state index in [-0.39, 0.29) is 0 Å². The maximum Gasteiger partial charge on any atom is 0.249 e. The van der Waals surface area contributed by atoms with Gasteiger partial charge in [-0.2, -0.15) is 0 Å². The molecule has 6 nitrogen and oxygen atoms in total. The van der Waals surface area contributed by atoms with Gasteiger partial charge in [-0.05, 0) is 42.4 Å². The van der Waals surface area contributed by atoms with E-state index in [0.717, 1.165) is 24.6 Å². The predicted octanol–water partition coefficient (Wildman–Crippen LogP) is 1.01. The molecule has 0 amide bonds. The molecule has 2 aromatic rings. The van der Waals surface area contributed by atoms with Crippen molar-refractivity contribution in [2.45, 2.75) is 13.3 Å². The molecule has 1 heterocycles. The highest BCUT2D eigenvalue weighted by Gasteiger charge is 2.14. The van der Waals surface area contributed by atoms with E-state index in [1.165, 1.54) is 5.56 Å². The molecule has 0 bridgehead atoms. The molecule has 18 heavy (non-hydrogen) atoms. The topological polar surface area (TPSA) is 72.9 Å². The number of hydrogen-bond acceptors (Lipinski definition) is 5. The van der Waals surface area contributed by atoms with E-state index in [4.69, 9.17) is 5.73 Å². The maximum atomic E-state index is 5.59. The summed E-state index contributed by atoms with van der Waals surface area (Å²) in [6.07, 6.45) is 0.890. The molecule has 0 radical (unpaired) electrons. The molecule has 0 atom stereocenters. The fourth-order valence-corrected chi connectivity index (χ4v) is 1.77. The molecule has 6 heteroatoms. The molecule has 0 saturated carbocycles. The number of nitrogens with zero attached hydrogens (tertiary/aromatic N) is 5. The first-order valence-electron chi connectivity index (χ1n) is 5.99. The van der Waals surface area contributed by atoms with E-state index in [9.17, 15) is 0 Å². The highest BCUT2D eigenvalue weighted by Crippen LogP contribution is 2.22. The predicted molar refractivity (Wildman–Crippen MR) is 70.7 cm³/mol.